The number of benzene rings is 1. The molecule has 1 aliphatic heterocycles. The molecule has 1 aliphatic rings. The highest BCUT2D eigenvalue weighted by Gasteiger charge is 2.27. The minimum Gasteiger partial charge on any atom is -0.494 e. The van der Waals surface area contributed by atoms with Gasteiger partial charge >= 0.3 is 0 Å². The van der Waals surface area contributed by atoms with Crippen LogP contribution in [0.5, 0.6) is 5.75 Å². The number of nitrogens with zero attached hydrogens (tertiary/aromatic N) is 1. The fraction of sp³-hybridized carbons (Fsp3) is 0.533. The minimum absolute atomic E-state index is 0.135. The second-order valence-electron chi connectivity index (χ2n) is 5.02. The van der Waals surface area contributed by atoms with Crippen LogP contribution in [0.4, 0.5) is 0 Å². The Hall–Kier alpha value is -1.58. The summed E-state index contributed by atoms with van der Waals surface area (Å²) in [4.78, 5) is 0. The van der Waals surface area contributed by atoms with E-state index in [1.807, 2.05) is 6.07 Å². The molecule has 0 aliphatic carbocycles. The van der Waals surface area contributed by atoms with E-state index >= 15 is 0 Å². The van der Waals surface area contributed by atoms with Gasteiger partial charge in [0.2, 0.25) is 0 Å². The van der Waals surface area contributed by atoms with E-state index in [1.54, 1.807) is 24.3 Å². The quantitative estimate of drug-likeness (QED) is 0.750. The molecule has 0 amide bonds. The molecule has 0 bridgehead atoms. The maximum Gasteiger partial charge on any atom is 0.153 e. The topological polar surface area (TPSA) is 76.4 Å². The van der Waals surface area contributed by atoms with E-state index in [9.17, 15) is 8.42 Å². The summed E-state index contributed by atoms with van der Waals surface area (Å²) in [5.74, 6) is 0.729. The molecule has 0 N–H and O–H groups in total. The number of sulfone groups is 1. The fourth-order valence-corrected chi connectivity index (χ4v) is 4.07. The Kier molecular flexibility index (Phi) is 5.59. The first-order valence-electron chi connectivity index (χ1n) is 7.04. The summed E-state index contributed by atoms with van der Waals surface area (Å²) in [6.07, 6.45) is 1.64. The molecule has 0 spiro atoms. The van der Waals surface area contributed by atoms with Crippen LogP contribution in [0.2, 0.25) is 0 Å². The first-order chi connectivity index (χ1) is 10.1. The van der Waals surface area contributed by atoms with E-state index in [0.29, 0.717) is 50.4 Å². The lowest BCUT2D eigenvalue weighted by Crippen LogP contribution is -2.31. The number of rotatable bonds is 6. The van der Waals surface area contributed by atoms with Gasteiger partial charge in [0.15, 0.2) is 9.84 Å². The molecule has 1 fully saturated rings. The number of hydrogen-bond acceptors (Lipinski definition) is 5. The van der Waals surface area contributed by atoms with E-state index in [4.69, 9.17) is 14.7 Å². The first-order valence-corrected chi connectivity index (χ1v) is 8.75. The lowest BCUT2D eigenvalue weighted by molar-refractivity contribution is 0.0983. The molecule has 0 atom stereocenters. The maximum absolute atomic E-state index is 12.1. The zero-order valence-electron chi connectivity index (χ0n) is 11.8. The van der Waals surface area contributed by atoms with Crippen molar-refractivity contribution in [3.63, 3.8) is 0 Å². The first kappa shape index (κ1) is 15.8. The highest BCUT2D eigenvalue weighted by atomic mass is 32.2. The van der Waals surface area contributed by atoms with Gasteiger partial charge in [-0.15, -0.1) is 0 Å². The summed E-state index contributed by atoms with van der Waals surface area (Å²) in [6.45, 7) is 1.39. The highest BCUT2D eigenvalue weighted by Crippen LogP contribution is 2.18. The second kappa shape index (κ2) is 7.43. The SMILES string of the molecule is N#Cc1cccc(OCCCS(=O)(=O)C2CCOCC2)c1. The van der Waals surface area contributed by atoms with E-state index in [2.05, 4.69) is 0 Å². The van der Waals surface area contributed by atoms with E-state index in [1.165, 1.54) is 0 Å². The zero-order chi connectivity index (χ0) is 15.1. The molecule has 114 valence electrons. The van der Waals surface area contributed by atoms with E-state index in [-0.39, 0.29) is 11.0 Å². The van der Waals surface area contributed by atoms with Crippen LogP contribution in [-0.4, -0.2) is 39.2 Å². The van der Waals surface area contributed by atoms with E-state index < -0.39 is 9.84 Å². The van der Waals surface area contributed by atoms with Crippen LogP contribution in [0.25, 0.3) is 0 Å². The Morgan fingerprint density at radius 2 is 2.10 bits per heavy atom. The normalized spacial score (nSPS) is 16.3. The Labute approximate surface area is 125 Å². The van der Waals surface area contributed by atoms with Crippen LogP contribution in [-0.2, 0) is 14.6 Å². The van der Waals surface area contributed by atoms with Gasteiger partial charge in [0, 0.05) is 13.2 Å². The minimum atomic E-state index is -3.06. The summed E-state index contributed by atoms with van der Waals surface area (Å²) < 4.78 is 35.0. The van der Waals surface area contributed by atoms with Crippen molar-refractivity contribution in [3.8, 4) is 11.8 Å². The molecule has 0 aromatic heterocycles. The largest absolute Gasteiger partial charge is 0.494 e. The highest BCUT2D eigenvalue weighted by molar-refractivity contribution is 7.92. The van der Waals surface area contributed by atoms with Crippen LogP contribution < -0.4 is 4.74 Å². The summed E-state index contributed by atoms with van der Waals surface area (Å²) in [5, 5.41) is 8.52. The summed E-state index contributed by atoms with van der Waals surface area (Å²) >= 11 is 0. The van der Waals surface area contributed by atoms with Crippen molar-refractivity contribution < 1.29 is 17.9 Å². The van der Waals surface area contributed by atoms with Crippen molar-refractivity contribution in [2.75, 3.05) is 25.6 Å². The van der Waals surface area contributed by atoms with Crippen LogP contribution in [0.15, 0.2) is 24.3 Å². The molecule has 1 heterocycles. The van der Waals surface area contributed by atoms with Crippen molar-refractivity contribution in [2.45, 2.75) is 24.5 Å². The van der Waals surface area contributed by atoms with Crippen molar-refractivity contribution in [1.29, 1.82) is 5.26 Å². The van der Waals surface area contributed by atoms with Crippen molar-refractivity contribution in [2.24, 2.45) is 0 Å². The predicted octanol–water partition coefficient (Wildman–Crippen LogP) is 1.92. The summed E-state index contributed by atoms with van der Waals surface area (Å²) in [6, 6.07) is 8.88. The molecule has 5 nitrogen and oxygen atoms in total. The second-order valence-corrected chi connectivity index (χ2v) is 7.42. The smallest absolute Gasteiger partial charge is 0.153 e. The van der Waals surface area contributed by atoms with Gasteiger partial charge in [-0.1, -0.05) is 6.07 Å². The van der Waals surface area contributed by atoms with Crippen molar-refractivity contribution in [3.05, 3.63) is 29.8 Å². The average Bonchev–Trinajstić information content (AvgIpc) is 2.53. The summed E-state index contributed by atoms with van der Waals surface area (Å²) in [7, 11) is -3.06. The molecule has 1 aromatic rings. The number of ether oxygens (including phenoxy) is 2. The Balaban J connectivity index is 1.77. The predicted molar refractivity (Wildman–Crippen MR) is 78.9 cm³/mol. The molecule has 0 unspecified atom stereocenters. The molecular weight excluding hydrogens is 290 g/mol. The molecule has 0 radical (unpaired) electrons. The molecule has 0 saturated carbocycles. The molecule has 6 heteroatoms. The summed E-state index contributed by atoms with van der Waals surface area (Å²) in [5.41, 5.74) is 0.530. The molecule has 21 heavy (non-hydrogen) atoms. The van der Waals surface area contributed by atoms with Crippen LogP contribution in [0.3, 0.4) is 0 Å². The third-order valence-corrected chi connectivity index (χ3v) is 5.83. The van der Waals surface area contributed by atoms with Gasteiger partial charge in [0.05, 0.1) is 29.2 Å². The van der Waals surface area contributed by atoms with Crippen molar-refractivity contribution in [1.82, 2.24) is 0 Å². The zero-order valence-corrected chi connectivity index (χ0v) is 12.6. The van der Waals surface area contributed by atoms with Gasteiger partial charge in [0.25, 0.3) is 0 Å². The molecule has 1 aromatic carbocycles. The number of nitriles is 1. The van der Waals surface area contributed by atoms with Crippen molar-refractivity contribution >= 4 is 9.84 Å². The molecular formula is C15H19NO4S. The molecule has 1 saturated heterocycles. The standard InChI is InChI=1S/C15H19NO4S/c16-12-13-3-1-4-14(11-13)20-7-2-10-21(17,18)15-5-8-19-9-6-15/h1,3-4,11,15H,2,5-10H2. The lowest BCUT2D eigenvalue weighted by atomic mass is 10.2. The monoisotopic (exact) mass is 309 g/mol. The van der Waals surface area contributed by atoms with Crippen LogP contribution >= 0.6 is 0 Å². The average molecular weight is 309 g/mol. The van der Waals surface area contributed by atoms with Gasteiger partial charge in [-0.3, -0.25) is 0 Å². The van der Waals surface area contributed by atoms with Gasteiger partial charge in [-0.25, -0.2) is 8.42 Å². The van der Waals surface area contributed by atoms with Crippen LogP contribution in [0.1, 0.15) is 24.8 Å². The maximum atomic E-state index is 12.1. The van der Waals surface area contributed by atoms with E-state index in [0.717, 1.165) is 0 Å². The number of hydrogen-bond donors (Lipinski definition) is 0. The Bertz CT molecular complexity index is 600. The Morgan fingerprint density at radius 3 is 2.81 bits per heavy atom. The van der Waals surface area contributed by atoms with Gasteiger partial charge in [0.1, 0.15) is 5.75 Å². The van der Waals surface area contributed by atoms with Gasteiger partial charge in [-0.2, -0.15) is 5.26 Å². The van der Waals surface area contributed by atoms with Crippen LogP contribution in [0, 0.1) is 11.3 Å². The molecule has 2 rings (SSSR count). The van der Waals surface area contributed by atoms with Gasteiger partial charge < -0.3 is 9.47 Å². The lowest BCUT2D eigenvalue weighted by Gasteiger charge is -2.22. The third kappa shape index (κ3) is 4.73. The fourth-order valence-electron chi connectivity index (χ4n) is 2.31. The third-order valence-electron chi connectivity index (χ3n) is 3.48. The Morgan fingerprint density at radius 1 is 1.33 bits per heavy atom. The van der Waals surface area contributed by atoms with Gasteiger partial charge in [-0.05, 0) is 37.5 Å².